The first kappa shape index (κ1) is 22.4. The van der Waals surface area contributed by atoms with E-state index in [2.05, 4.69) is 10.0 Å². The van der Waals surface area contributed by atoms with Gasteiger partial charge in [-0.15, -0.1) is 0 Å². The van der Waals surface area contributed by atoms with Crippen LogP contribution in [0.4, 0.5) is 11.4 Å². The quantitative estimate of drug-likeness (QED) is 0.540. The summed E-state index contributed by atoms with van der Waals surface area (Å²) in [4.78, 5) is 12.9. The average molecular weight is 439 g/mol. The van der Waals surface area contributed by atoms with E-state index in [-0.39, 0.29) is 10.5 Å². The van der Waals surface area contributed by atoms with Gasteiger partial charge in [-0.2, -0.15) is 0 Å². The van der Waals surface area contributed by atoms with E-state index in [1.54, 1.807) is 49.4 Å². The maximum absolute atomic E-state index is 13.1. The largest absolute Gasteiger partial charge is 0.492 e. The number of amides is 1. The molecule has 0 unspecified atom stereocenters. The highest BCUT2D eigenvalue weighted by Gasteiger charge is 2.21. The lowest BCUT2D eigenvalue weighted by Gasteiger charge is -2.15. The van der Waals surface area contributed by atoms with Crippen LogP contribution in [0.5, 0.6) is 5.75 Å². The number of nitrogens with one attached hydrogen (secondary N) is 2. The van der Waals surface area contributed by atoms with E-state index in [0.29, 0.717) is 29.3 Å². The van der Waals surface area contributed by atoms with Crippen LogP contribution >= 0.6 is 0 Å². The molecule has 31 heavy (non-hydrogen) atoms. The van der Waals surface area contributed by atoms with Gasteiger partial charge in [-0.25, -0.2) is 8.42 Å². The van der Waals surface area contributed by atoms with Crippen molar-refractivity contribution in [3.63, 3.8) is 0 Å². The van der Waals surface area contributed by atoms with Gasteiger partial charge in [0.25, 0.3) is 15.9 Å². The predicted octanol–water partition coefficient (Wildman–Crippen LogP) is 5.06. The molecule has 0 aliphatic heterocycles. The first-order valence-electron chi connectivity index (χ1n) is 9.96. The van der Waals surface area contributed by atoms with E-state index in [4.69, 9.17) is 4.74 Å². The van der Waals surface area contributed by atoms with Crippen LogP contribution < -0.4 is 14.8 Å². The number of aryl methyl sites for hydroxylation is 2. The lowest BCUT2D eigenvalue weighted by Crippen LogP contribution is -2.18. The van der Waals surface area contributed by atoms with Crippen LogP contribution in [-0.2, 0) is 10.0 Å². The van der Waals surface area contributed by atoms with Crippen molar-refractivity contribution in [1.29, 1.82) is 0 Å². The number of hydrogen-bond donors (Lipinski definition) is 2. The molecular formula is C24H26N2O4S. The molecule has 3 aromatic rings. The van der Waals surface area contributed by atoms with Gasteiger partial charge < -0.3 is 10.1 Å². The van der Waals surface area contributed by atoms with Crippen LogP contribution in [0.15, 0.2) is 65.6 Å². The Morgan fingerprint density at radius 2 is 1.61 bits per heavy atom. The smallest absolute Gasteiger partial charge is 0.262 e. The second-order valence-electron chi connectivity index (χ2n) is 7.22. The Hall–Kier alpha value is -3.32. The zero-order valence-electron chi connectivity index (χ0n) is 18.0. The third-order valence-electron chi connectivity index (χ3n) is 5.02. The van der Waals surface area contributed by atoms with Crippen LogP contribution in [0, 0.1) is 20.8 Å². The Morgan fingerprint density at radius 1 is 0.903 bits per heavy atom. The van der Waals surface area contributed by atoms with Crippen molar-refractivity contribution in [2.75, 3.05) is 16.6 Å². The average Bonchev–Trinajstić information content (AvgIpc) is 2.73. The molecule has 0 heterocycles. The minimum Gasteiger partial charge on any atom is -0.492 e. The Labute approximate surface area is 183 Å². The summed E-state index contributed by atoms with van der Waals surface area (Å²) in [5, 5.41) is 2.80. The van der Waals surface area contributed by atoms with Gasteiger partial charge in [0.15, 0.2) is 0 Å². The Bertz CT molecular complexity index is 1220. The highest BCUT2D eigenvalue weighted by molar-refractivity contribution is 7.92. The monoisotopic (exact) mass is 438 g/mol. The second kappa shape index (κ2) is 9.22. The maximum atomic E-state index is 13.1. The molecule has 6 nitrogen and oxygen atoms in total. The molecule has 162 valence electrons. The second-order valence-corrected chi connectivity index (χ2v) is 8.87. The molecule has 0 aromatic heterocycles. The van der Waals surface area contributed by atoms with Crippen molar-refractivity contribution in [3.05, 3.63) is 82.9 Å². The van der Waals surface area contributed by atoms with Gasteiger partial charge in [-0.05, 0) is 74.7 Å². The van der Waals surface area contributed by atoms with E-state index in [9.17, 15) is 13.2 Å². The van der Waals surface area contributed by atoms with Gasteiger partial charge in [-0.3, -0.25) is 9.52 Å². The minimum atomic E-state index is -3.88. The number of carbonyl (C=O) groups excluding carboxylic acids is 1. The number of rotatable bonds is 7. The van der Waals surface area contributed by atoms with Gasteiger partial charge in [0.05, 0.1) is 22.9 Å². The molecule has 0 aliphatic carbocycles. The van der Waals surface area contributed by atoms with Gasteiger partial charge in [0.1, 0.15) is 5.75 Å². The summed E-state index contributed by atoms with van der Waals surface area (Å²) < 4.78 is 34.4. The van der Waals surface area contributed by atoms with Crippen LogP contribution in [0.1, 0.15) is 34.0 Å². The molecular weight excluding hydrogens is 412 g/mol. The molecule has 7 heteroatoms. The lowest BCUT2D eigenvalue weighted by molar-refractivity contribution is 0.102. The molecule has 3 aromatic carbocycles. The fourth-order valence-electron chi connectivity index (χ4n) is 3.14. The number of hydrogen-bond acceptors (Lipinski definition) is 4. The number of carbonyl (C=O) groups is 1. The number of benzene rings is 3. The maximum Gasteiger partial charge on any atom is 0.262 e. The highest BCUT2D eigenvalue weighted by atomic mass is 32.2. The number of sulfonamides is 1. The molecule has 1 amide bonds. The molecule has 0 atom stereocenters. The van der Waals surface area contributed by atoms with Crippen molar-refractivity contribution in [2.45, 2.75) is 32.6 Å². The Kier molecular flexibility index (Phi) is 6.65. The van der Waals surface area contributed by atoms with E-state index in [1.165, 1.54) is 6.07 Å². The van der Waals surface area contributed by atoms with Crippen molar-refractivity contribution >= 4 is 27.3 Å². The Balaban J connectivity index is 1.91. The van der Waals surface area contributed by atoms with Gasteiger partial charge in [0, 0.05) is 5.56 Å². The normalized spacial score (nSPS) is 11.1. The van der Waals surface area contributed by atoms with Gasteiger partial charge in [-0.1, -0.05) is 30.3 Å². The van der Waals surface area contributed by atoms with Gasteiger partial charge in [0.2, 0.25) is 0 Å². The number of ether oxygens (including phenoxy) is 1. The van der Waals surface area contributed by atoms with Crippen molar-refractivity contribution < 1.29 is 17.9 Å². The predicted molar refractivity (Wildman–Crippen MR) is 123 cm³/mol. The van der Waals surface area contributed by atoms with Crippen molar-refractivity contribution in [3.8, 4) is 5.75 Å². The third-order valence-corrected chi connectivity index (χ3v) is 6.53. The van der Waals surface area contributed by atoms with Crippen molar-refractivity contribution in [2.24, 2.45) is 0 Å². The zero-order valence-corrected chi connectivity index (χ0v) is 18.8. The molecule has 0 fully saturated rings. The topological polar surface area (TPSA) is 84.5 Å². The first-order valence-corrected chi connectivity index (χ1v) is 11.4. The Morgan fingerprint density at radius 3 is 2.35 bits per heavy atom. The van der Waals surface area contributed by atoms with E-state index in [1.807, 2.05) is 32.9 Å². The summed E-state index contributed by atoms with van der Waals surface area (Å²) >= 11 is 0. The van der Waals surface area contributed by atoms with Crippen LogP contribution in [0.2, 0.25) is 0 Å². The number of para-hydroxylation sites is 2. The van der Waals surface area contributed by atoms with Crippen LogP contribution in [0.3, 0.4) is 0 Å². The lowest BCUT2D eigenvalue weighted by atomic mass is 10.1. The van der Waals surface area contributed by atoms with Crippen LogP contribution in [-0.4, -0.2) is 20.9 Å². The standard InChI is InChI=1S/C24H26N2O4S/c1-5-30-22-12-7-6-10-21(22)25-24(27)19-14-13-17(3)23(15-19)31(28,29)26-20-11-8-9-16(2)18(20)4/h6-15,26H,5H2,1-4H3,(H,25,27). The summed E-state index contributed by atoms with van der Waals surface area (Å²) in [6.45, 7) is 7.80. The molecule has 0 saturated heterocycles. The molecule has 0 radical (unpaired) electrons. The van der Waals surface area contributed by atoms with E-state index < -0.39 is 15.9 Å². The molecule has 2 N–H and O–H groups in total. The molecule has 0 aliphatic rings. The summed E-state index contributed by atoms with van der Waals surface area (Å²) in [5.41, 5.74) is 3.65. The number of anilines is 2. The molecule has 0 saturated carbocycles. The zero-order chi connectivity index (χ0) is 22.6. The molecule has 0 bridgehead atoms. The highest BCUT2D eigenvalue weighted by Crippen LogP contribution is 2.27. The minimum absolute atomic E-state index is 0.0548. The van der Waals surface area contributed by atoms with Crippen molar-refractivity contribution in [1.82, 2.24) is 0 Å². The van der Waals surface area contributed by atoms with Gasteiger partial charge >= 0.3 is 0 Å². The summed E-state index contributed by atoms with van der Waals surface area (Å²) in [5.74, 6) is 0.130. The summed E-state index contributed by atoms with van der Waals surface area (Å²) in [7, 11) is -3.88. The summed E-state index contributed by atoms with van der Waals surface area (Å²) in [6, 6.07) is 17.2. The fraction of sp³-hybridized carbons (Fsp3) is 0.208. The molecule has 3 rings (SSSR count). The fourth-order valence-corrected chi connectivity index (χ4v) is 4.53. The SMILES string of the molecule is CCOc1ccccc1NC(=O)c1ccc(C)c(S(=O)(=O)Nc2cccc(C)c2C)c1. The first-order chi connectivity index (χ1) is 14.7. The van der Waals surface area contributed by atoms with E-state index >= 15 is 0 Å². The third kappa shape index (κ3) is 5.06. The summed E-state index contributed by atoms with van der Waals surface area (Å²) in [6.07, 6.45) is 0. The van der Waals surface area contributed by atoms with Crippen LogP contribution in [0.25, 0.3) is 0 Å². The van der Waals surface area contributed by atoms with E-state index in [0.717, 1.165) is 11.1 Å². The molecule has 0 spiro atoms.